The molecule has 43 heavy (non-hydrogen) atoms. The number of allylic oxidation sites excluding steroid dienone is 1. The molecule has 1 aromatic heterocycles. The maximum absolute atomic E-state index is 14.0. The van der Waals surface area contributed by atoms with E-state index < -0.39 is 12.0 Å². The molecule has 0 saturated heterocycles. The number of esters is 1. The third kappa shape index (κ3) is 6.34. The predicted octanol–water partition coefficient (Wildman–Crippen LogP) is 5.70. The number of methoxy groups -OCH3 is 2. The van der Waals surface area contributed by atoms with E-state index in [4.69, 9.17) is 42.1 Å². The van der Waals surface area contributed by atoms with Crippen LogP contribution in [0.2, 0.25) is 10.0 Å². The van der Waals surface area contributed by atoms with Gasteiger partial charge >= 0.3 is 5.97 Å². The Bertz CT molecular complexity index is 1910. The van der Waals surface area contributed by atoms with Crippen molar-refractivity contribution in [1.82, 2.24) is 4.57 Å². The zero-order valence-corrected chi connectivity index (χ0v) is 26.2. The smallest absolute Gasteiger partial charge is 0.338 e. The normalized spacial score (nSPS) is 14.7. The summed E-state index contributed by atoms with van der Waals surface area (Å²) < 4.78 is 24.3. The van der Waals surface area contributed by atoms with Gasteiger partial charge in [0.05, 0.1) is 36.6 Å². The highest BCUT2D eigenvalue weighted by molar-refractivity contribution is 7.07. The molecule has 1 aliphatic heterocycles. The van der Waals surface area contributed by atoms with Gasteiger partial charge in [-0.3, -0.25) is 9.36 Å². The minimum Gasteiger partial charge on any atom is -0.497 e. The average molecular weight is 640 g/mol. The fraction of sp³-hybridized carbons (Fsp3) is 0.219. The number of thiazole rings is 1. The zero-order valence-electron chi connectivity index (χ0n) is 23.9. The highest BCUT2D eigenvalue weighted by Gasteiger charge is 2.35. The van der Waals surface area contributed by atoms with E-state index in [1.807, 2.05) is 30.3 Å². The van der Waals surface area contributed by atoms with Gasteiger partial charge in [-0.1, -0.05) is 52.7 Å². The third-order valence-electron chi connectivity index (χ3n) is 6.82. The molecule has 3 aromatic carbocycles. The van der Waals surface area contributed by atoms with Gasteiger partial charge in [0.1, 0.15) is 29.9 Å². The van der Waals surface area contributed by atoms with Crippen molar-refractivity contribution in [2.45, 2.75) is 26.5 Å². The fourth-order valence-electron chi connectivity index (χ4n) is 4.78. The van der Waals surface area contributed by atoms with Crippen molar-refractivity contribution >= 4 is 46.6 Å². The number of halogens is 2. The van der Waals surface area contributed by atoms with Gasteiger partial charge in [0.15, 0.2) is 4.80 Å². The van der Waals surface area contributed by atoms with Crippen molar-refractivity contribution in [3.05, 3.63) is 118 Å². The molecule has 1 atom stereocenters. The number of nitrogens with zero attached hydrogens (tertiary/aromatic N) is 2. The third-order valence-corrected chi connectivity index (χ3v) is 8.39. The highest BCUT2D eigenvalue weighted by atomic mass is 35.5. The number of hydrogen-bond donors (Lipinski definition) is 0. The first kappa shape index (κ1) is 30.4. The summed E-state index contributed by atoms with van der Waals surface area (Å²) in [5.41, 5.74) is 2.58. The van der Waals surface area contributed by atoms with Gasteiger partial charge in [-0.05, 0) is 61.9 Å². The molecule has 0 bridgehead atoms. The van der Waals surface area contributed by atoms with E-state index in [1.165, 1.54) is 23.0 Å². The van der Waals surface area contributed by atoms with Crippen molar-refractivity contribution < 1.29 is 23.7 Å². The second-order valence-corrected chi connectivity index (χ2v) is 11.4. The molecule has 0 amide bonds. The maximum Gasteiger partial charge on any atom is 0.338 e. The summed E-state index contributed by atoms with van der Waals surface area (Å²) in [5, 5.41) is 1.07. The summed E-state index contributed by atoms with van der Waals surface area (Å²) in [6, 6.07) is 17.1. The number of fused-ring (bicyclic) bond motifs is 1. The number of aromatic nitrogens is 1. The standard InChI is InChI=1S/C32H28Cl2N2O6S/c1-5-41-31(38)28-18(2)35-32-36(29(28)24-12-11-22(39-3)16-26(24)40-4)30(37)27(43-32)14-19-7-6-8-23(13-19)42-17-20-9-10-21(33)15-25(20)34/h6-16,29H,5,17H2,1-4H3/b27-14-/t29-/m0/s1. The van der Waals surface area contributed by atoms with Crippen LogP contribution in [0.1, 0.15) is 36.6 Å². The Kier molecular flexibility index (Phi) is 9.25. The second kappa shape index (κ2) is 13.1. The van der Waals surface area contributed by atoms with Gasteiger partial charge in [0.2, 0.25) is 0 Å². The molecule has 0 radical (unpaired) electrons. The van der Waals surface area contributed by atoms with E-state index in [0.29, 0.717) is 47.9 Å². The first-order valence-electron chi connectivity index (χ1n) is 13.3. The van der Waals surface area contributed by atoms with Crippen molar-refractivity contribution in [2.24, 2.45) is 4.99 Å². The van der Waals surface area contributed by atoms with E-state index in [9.17, 15) is 9.59 Å². The molecule has 1 aliphatic rings. The monoisotopic (exact) mass is 638 g/mol. The van der Waals surface area contributed by atoms with Gasteiger partial charge in [0, 0.05) is 27.2 Å². The molecule has 0 fully saturated rings. The lowest BCUT2D eigenvalue weighted by atomic mass is 9.95. The van der Waals surface area contributed by atoms with E-state index in [1.54, 1.807) is 57.4 Å². The minimum absolute atomic E-state index is 0.176. The molecular weight excluding hydrogens is 611 g/mol. The summed E-state index contributed by atoms with van der Waals surface area (Å²) in [5.74, 6) is 1.09. The summed E-state index contributed by atoms with van der Waals surface area (Å²) in [4.78, 5) is 32.3. The van der Waals surface area contributed by atoms with Crippen LogP contribution in [0.5, 0.6) is 17.2 Å². The summed E-state index contributed by atoms with van der Waals surface area (Å²) in [6.07, 6.45) is 1.78. The Labute approximate surface area is 262 Å². The first-order valence-corrected chi connectivity index (χ1v) is 14.9. The van der Waals surface area contributed by atoms with Crippen molar-refractivity contribution in [2.75, 3.05) is 20.8 Å². The maximum atomic E-state index is 14.0. The van der Waals surface area contributed by atoms with Crippen LogP contribution in [0.15, 0.2) is 81.7 Å². The molecule has 11 heteroatoms. The Morgan fingerprint density at radius 1 is 1.05 bits per heavy atom. The molecule has 2 heterocycles. The average Bonchev–Trinajstić information content (AvgIpc) is 3.29. The highest BCUT2D eigenvalue weighted by Crippen LogP contribution is 2.37. The molecule has 5 rings (SSSR count). The van der Waals surface area contributed by atoms with Crippen LogP contribution >= 0.6 is 34.5 Å². The molecule has 0 aliphatic carbocycles. The van der Waals surface area contributed by atoms with Crippen molar-refractivity contribution in [3.8, 4) is 17.2 Å². The van der Waals surface area contributed by atoms with Crippen LogP contribution in [0.3, 0.4) is 0 Å². The second-order valence-electron chi connectivity index (χ2n) is 9.51. The number of ether oxygens (including phenoxy) is 4. The molecule has 8 nitrogen and oxygen atoms in total. The SMILES string of the molecule is CCOC(=O)C1=C(C)N=c2s/c(=C\c3cccc(OCc4ccc(Cl)cc4Cl)c3)c(=O)n2[C@H]1c1ccc(OC)cc1OC. The van der Waals surface area contributed by atoms with Gasteiger partial charge in [-0.2, -0.15) is 0 Å². The van der Waals surface area contributed by atoms with Gasteiger partial charge in [0.25, 0.3) is 5.56 Å². The summed E-state index contributed by atoms with van der Waals surface area (Å²) in [7, 11) is 3.08. The Morgan fingerprint density at radius 3 is 2.58 bits per heavy atom. The van der Waals surface area contributed by atoms with Gasteiger partial charge < -0.3 is 18.9 Å². The van der Waals surface area contributed by atoms with E-state index >= 15 is 0 Å². The van der Waals surface area contributed by atoms with Crippen LogP contribution in [0.4, 0.5) is 0 Å². The topological polar surface area (TPSA) is 88.4 Å². The fourth-order valence-corrected chi connectivity index (χ4v) is 6.29. The number of carbonyl (C=O) groups excluding carboxylic acids is 1. The minimum atomic E-state index is -0.822. The summed E-state index contributed by atoms with van der Waals surface area (Å²) in [6.45, 7) is 3.89. The van der Waals surface area contributed by atoms with Crippen LogP contribution in [0.25, 0.3) is 6.08 Å². The Balaban J connectivity index is 1.57. The molecule has 0 unspecified atom stereocenters. The summed E-state index contributed by atoms with van der Waals surface area (Å²) >= 11 is 13.5. The van der Waals surface area contributed by atoms with Crippen molar-refractivity contribution in [3.63, 3.8) is 0 Å². The van der Waals surface area contributed by atoms with Crippen molar-refractivity contribution in [1.29, 1.82) is 0 Å². The first-order chi connectivity index (χ1) is 20.7. The van der Waals surface area contributed by atoms with Crippen LogP contribution in [0, 0.1) is 0 Å². The molecular formula is C32H28Cl2N2O6S. The molecule has 4 aromatic rings. The largest absolute Gasteiger partial charge is 0.497 e. The number of carbonyl (C=O) groups is 1. The van der Waals surface area contributed by atoms with Crippen LogP contribution in [-0.2, 0) is 16.1 Å². The molecule has 0 spiro atoms. The van der Waals surface area contributed by atoms with Crippen LogP contribution < -0.4 is 29.1 Å². The number of hydrogen-bond acceptors (Lipinski definition) is 8. The van der Waals surface area contributed by atoms with Crippen LogP contribution in [-0.4, -0.2) is 31.4 Å². The number of benzene rings is 3. The Morgan fingerprint density at radius 2 is 1.86 bits per heavy atom. The van der Waals surface area contributed by atoms with E-state index in [-0.39, 0.29) is 24.3 Å². The lowest BCUT2D eigenvalue weighted by molar-refractivity contribution is -0.139. The lowest BCUT2D eigenvalue weighted by Crippen LogP contribution is -2.40. The Hall–Kier alpha value is -4.05. The van der Waals surface area contributed by atoms with E-state index in [0.717, 1.165) is 11.1 Å². The van der Waals surface area contributed by atoms with Gasteiger partial charge in [-0.25, -0.2) is 9.79 Å². The number of rotatable bonds is 9. The van der Waals surface area contributed by atoms with E-state index in [2.05, 4.69) is 4.99 Å². The molecule has 222 valence electrons. The lowest BCUT2D eigenvalue weighted by Gasteiger charge is -2.26. The predicted molar refractivity (Wildman–Crippen MR) is 167 cm³/mol. The van der Waals surface area contributed by atoms with Gasteiger partial charge in [-0.15, -0.1) is 0 Å². The molecule has 0 saturated carbocycles. The zero-order chi connectivity index (χ0) is 30.7. The quantitative estimate of drug-likeness (QED) is 0.219. The molecule has 0 N–H and O–H groups in total.